The van der Waals surface area contributed by atoms with Crippen LogP contribution in [-0.2, 0) is 11.3 Å². The number of nitrogens with zero attached hydrogens (tertiary/aromatic N) is 4. The molecule has 0 saturated carbocycles. The minimum Gasteiger partial charge on any atom is -0.341 e. The van der Waals surface area contributed by atoms with Crippen molar-refractivity contribution in [3.63, 3.8) is 0 Å². The minimum atomic E-state index is 0.0233. The highest BCUT2D eigenvalue weighted by atomic mass is 32.2. The molecule has 1 N–H and O–H groups in total. The highest BCUT2D eigenvalue weighted by Crippen LogP contribution is 2.20. The first-order valence-corrected chi connectivity index (χ1v) is 7.91. The van der Waals surface area contributed by atoms with Crippen LogP contribution in [0.4, 0.5) is 0 Å². The first-order chi connectivity index (χ1) is 9.33. The number of rotatable bonds is 3. The SMILES string of the molecule is O=C([C@@H]1CSCN1)N1CCC[C@@H](Cn2cncn2)C1. The van der Waals surface area contributed by atoms with E-state index in [0.29, 0.717) is 5.92 Å². The Labute approximate surface area is 116 Å². The largest absolute Gasteiger partial charge is 0.341 e. The van der Waals surface area contributed by atoms with Crippen LogP contribution in [0, 0.1) is 5.92 Å². The van der Waals surface area contributed by atoms with Gasteiger partial charge in [-0.25, -0.2) is 4.98 Å². The van der Waals surface area contributed by atoms with Crippen LogP contribution in [0.3, 0.4) is 0 Å². The van der Waals surface area contributed by atoms with Gasteiger partial charge in [-0.1, -0.05) is 0 Å². The number of aromatic nitrogens is 3. The normalized spacial score (nSPS) is 27.7. The van der Waals surface area contributed by atoms with Gasteiger partial charge in [-0.15, -0.1) is 11.8 Å². The zero-order valence-corrected chi connectivity index (χ0v) is 11.7. The van der Waals surface area contributed by atoms with Crippen LogP contribution in [0.5, 0.6) is 0 Å². The summed E-state index contributed by atoms with van der Waals surface area (Å²) in [7, 11) is 0. The summed E-state index contributed by atoms with van der Waals surface area (Å²) in [6, 6.07) is 0.0233. The van der Waals surface area contributed by atoms with Gasteiger partial charge < -0.3 is 4.90 Å². The first kappa shape index (κ1) is 12.9. The highest BCUT2D eigenvalue weighted by Gasteiger charge is 2.30. The maximum atomic E-state index is 12.4. The van der Waals surface area contributed by atoms with E-state index in [1.165, 1.54) is 0 Å². The Kier molecular flexibility index (Phi) is 4.03. The summed E-state index contributed by atoms with van der Waals surface area (Å²) in [5.74, 6) is 2.57. The molecule has 3 heterocycles. The molecular weight excluding hydrogens is 262 g/mol. The topological polar surface area (TPSA) is 63.1 Å². The van der Waals surface area contributed by atoms with Crippen molar-refractivity contribution < 1.29 is 4.79 Å². The molecular formula is C12H19N5OS. The number of hydrogen-bond acceptors (Lipinski definition) is 5. The van der Waals surface area contributed by atoms with E-state index in [4.69, 9.17) is 0 Å². The molecule has 0 aromatic carbocycles. The van der Waals surface area contributed by atoms with Gasteiger partial charge in [-0.05, 0) is 18.8 Å². The Morgan fingerprint density at radius 3 is 3.21 bits per heavy atom. The Morgan fingerprint density at radius 1 is 1.53 bits per heavy atom. The van der Waals surface area contributed by atoms with Crippen molar-refractivity contribution in [2.24, 2.45) is 5.92 Å². The fourth-order valence-corrected chi connectivity index (χ4v) is 3.71. The molecule has 0 aliphatic carbocycles. The number of thioether (sulfide) groups is 1. The van der Waals surface area contributed by atoms with Gasteiger partial charge in [0.15, 0.2) is 0 Å². The Morgan fingerprint density at radius 2 is 2.47 bits per heavy atom. The predicted molar refractivity (Wildman–Crippen MR) is 73.6 cm³/mol. The number of hydrogen-bond donors (Lipinski definition) is 1. The van der Waals surface area contributed by atoms with E-state index in [0.717, 1.165) is 44.1 Å². The molecule has 2 aliphatic rings. The van der Waals surface area contributed by atoms with Gasteiger partial charge in [-0.3, -0.25) is 14.8 Å². The third-order valence-electron chi connectivity index (χ3n) is 3.76. The summed E-state index contributed by atoms with van der Waals surface area (Å²) in [4.78, 5) is 18.3. The summed E-state index contributed by atoms with van der Waals surface area (Å²) in [5, 5.41) is 7.40. The van der Waals surface area contributed by atoms with E-state index < -0.39 is 0 Å². The minimum absolute atomic E-state index is 0.0233. The van der Waals surface area contributed by atoms with Gasteiger partial charge in [0.2, 0.25) is 5.91 Å². The number of piperidine rings is 1. The molecule has 2 saturated heterocycles. The van der Waals surface area contributed by atoms with Gasteiger partial charge in [0, 0.05) is 31.3 Å². The molecule has 1 amide bonds. The Balaban J connectivity index is 1.56. The molecule has 2 atom stereocenters. The zero-order valence-electron chi connectivity index (χ0n) is 10.9. The molecule has 1 aromatic heterocycles. The third kappa shape index (κ3) is 3.09. The second kappa shape index (κ2) is 5.92. The number of likely N-dealkylation sites (tertiary alicyclic amines) is 1. The van der Waals surface area contributed by atoms with Crippen molar-refractivity contribution in [1.82, 2.24) is 25.0 Å². The van der Waals surface area contributed by atoms with E-state index in [1.807, 2.05) is 9.58 Å². The van der Waals surface area contributed by atoms with Crippen molar-refractivity contribution in [2.45, 2.75) is 25.4 Å². The lowest BCUT2D eigenvalue weighted by molar-refractivity contribution is -0.134. The van der Waals surface area contributed by atoms with E-state index in [9.17, 15) is 4.79 Å². The quantitative estimate of drug-likeness (QED) is 0.856. The second-order valence-electron chi connectivity index (χ2n) is 5.18. The van der Waals surface area contributed by atoms with Gasteiger partial charge in [-0.2, -0.15) is 5.10 Å². The zero-order chi connectivity index (χ0) is 13.1. The summed E-state index contributed by atoms with van der Waals surface area (Å²) in [5.41, 5.74) is 0. The monoisotopic (exact) mass is 281 g/mol. The molecule has 6 nitrogen and oxygen atoms in total. The molecule has 0 spiro atoms. The third-order valence-corrected chi connectivity index (χ3v) is 4.70. The van der Waals surface area contributed by atoms with Gasteiger partial charge in [0.1, 0.15) is 12.7 Å². The molecule has 19 heavy (non-hydrogen) atoms. The molecule has 7 heteroatoms. The lowest BCUT2D eigenvalue weighted by atomic mass is 9.97. The van der Waals surface area contributed by atoms with Crippen molar-refractivity contribution in [3.05, 3.63) is 12.7 Å². The van der Waals surface area contributed by atoms with Crippen LogP contribution >= 0.6 is 11.8 Å². The maximum absolute atomic E-state index is 12.4. The molecule has 3 rings (SSSR count). The smallest absolute Gasteiger partial charge is 0.240 e. The lowest BCUT2D eigenvalue weighted by Gasteiger charge is -2.34. The van der Waals surface area contributed by atoms with Crippen molar-refractivity contribution in [2.75, 3.05) is 24.7 Å². The van der Waals surface area contributed by atoms with Crippen LogP contribution < -0.4 is 5.32 Å². The molecule has 0 radical (unpaired) electrons. The highest BCUT2D eigenvalue weighted by molar-refractivity contribution is 7.99. The van der Waals surface area contributed by atoms with Gasteiger partial charge in [0.05, 0.1) is 6.04 Å². The van der Waals surface area contributed by atoms with Crippen LogP contribution in [0.25, 0.3) is 0 Å². The summed E-state index contributed by atoms with van der Waals surface area (Å²) >= 11 is 1.80. The van der Waals surface area contributed by atoms with Crippen LogP contribution in [0.15, 0.2) is 12.7 Å². The molecule has 2 fully saturated rings. The average Bonchev–Trinajstić information content (AvgIpc) is 3.11. The molecule has 104 valence electrons. The number of carbonyl (C=O) groups excluding carboxylic acids is 1. The first-order valence-electron chi connectivity index (χ1n) is 6.75. The molecule has 1 aromatic rings. The van der Waals surface area contributed by atoms with Gasteiger partial charge >= 0.3 is 0 Å². The summed E-state index contributed by atoms with van der Waals surface area (Å²) in [6.07, 6.45) is 5.56. The van der Waals surface area contributed by atoms with Crippen LogP contribution in [0.2, 0.25) is 0 Å². The number of amides is 1. The fourth-order valence-electron chi connectivity index (χ4n) is 2.78. The van der Waals surface area contributed by atoms with E-state index in [-0.39, 0.29) is 11.9 Å². The van der Waals surface area contributed by atoms with Gasteiger partial charge in [0.25, 0.3) is 0 Å². The molecule has 2 aliphatic heterocycles. The second-order valence-corrected chi connectivity index (χ2v) is 6.21. The summed E-state index contributed by atoms with van der Waals surface area (Å²) < 4.78 is 1.86. The molecule has 0 bridgehead atoms. The van der Waals surface area contributed by atoms with Crippen molar-refractivity contribution >= 4 is 17.7 Å². The standard InChI is InChI=1S/C12H19N5OS/c18-12(11-6-19-9-14-11)16-3-1-2-10(4-16)5-17-8-13-7-15-17/h7-8,10-11,14H,1-6,9H2/t10-,11+/m1/s1. The number of carbonyl (C=O) groups is 1. The number of nitrogens with one attached hydrogen (secondary N) is 1. The average molecular weight is 281 g/mol. The van der Waals surface area contributed by atoms with Crippen LogP contribution in [0.1, 0.15) is 12.8 Å². The fraction of sp³-hybridized carbons (Fsp3) is 0.750. The summed E-state index contributed by atoms with van der Waals surface area (Å²) in [6.45, 7) is 2.60. The van der Waals surface area contributed by atoms with E-state index in [2.05, 4.69) is 15.4 Å². The van der Waals surface area contributed by atoms with E-state index >= 15 is 0 Å². The lowest BCUT2D eigenvalue weighted by Crippen LogP contribution is -2.49. The predicted octanol–water partition coefficient (Wildman–Crippen LogP) is 0.179. The van der Waals surface area contributed by atoms with Crippen LogP contribution in [-0.4, -0.2) is 56.3 Å². The van der Waals surface area contributed by atoms with Crippen molar-refractivity contribution in [3.8, 4) is 0 Å². The Bertz CT molecular complexity index is 418. The molecule has 0 unspecified atom stereocenters. The maximum Gasteiger partial charge on any atom is 0.240 e. The van der Waals surface area contributed by atoms with Crippen molar-refractivity contribution in [1.29, 1.82) is 0 Å². The Hall–Kier alpha value is -1.08. The van der Waals surface area contributed by atoms with E-state index in [1.54, 1.807) is 24.4 Å².